The van der Waals surface area contributed by atoms with Crippen LogP contribution in [0.5, 0.6) is 0 Å². The molecule has 0 atom stereocenters. The van der Waals surface area contributed by atoms with Crippen molar-refractivity contribution < 1.29 is 4.79 Å². The van der Waals surface area contributed by atoms with E-state index in [1.165, 1.54) is 0 Å². The summed E-state index contributed by atoms with van der Waals surface area (Å²) >= 11 is 3.12. The normalized spacial score (nSPS) is 20.8. The van der Waals surface area contributed by atoms with E-state index in [0.29, 0.717) is 16.6 Å². The minimum atomic E-state index is 0.138. The molecule has 9 heavy (non-hydrogen) atoms. The van der Waals surface area contributed by atoms with E-state index in [1.54, 1.807) is 0 Å². The largest absolute Gasteiger partial charge is 0.401 e. The Labute approximate surface area is 62.2 Å². The van der Waals surface area contributed by atoms with Crippen LogP contribution in [-0.4, -0.2) is 5.78 Å². The van der Waals surface area contributed by atoms with Gasteiger partial charge in [0.15, 0.2) is 5.78 Å². The van der Waals surface area contributed by atoms with Crippen molar-refractivity contribution in [2.24, 2.45) is 5.73 Å². The first kappa shape index (κ1) is 6.81. The molecule has 0 aromatic carbocycles. The number of Topliss-reactive ketones (excluding diaryl/α,β-unsaturated/α-hetero) is 1. The van der Waals surface area contributed by atoms with Gasteiger partial charge in [-0.15, -0.1) is 0 Å². The van der Waals surface area contributed by atoms with E-state index < -0.39 is 0 Å². The first-order valence-corrected chi connectivity index (χ1v) is 3.68. The lowest BCUT2D eigenvalue weighted by Gasteiger charge is -2.09. The number of carbonyl (C=O) groups excluding carboxylic acids is 1. The standard InChI is InChI=1S/C6H8BrNO/c7-6-4(8)2-1-3-5(6)9/h1-3,8H2. The number of hydrogen-bond donors (Lipinski definition) is 1. The second kappa shape index (κ2) is 2.52. The van der Waals surface area contributed by atoms with Crippen molar-refractivity contribution in [3.05, 3.63) is 10.2 Å². The van der Waals surface area contributed by atoms with Crippen molar-refractivity contribution in [1.29, 1.82) is 0 Å². The zero-order chi connectivity index (χ0) is 6.85. The molecule has 0 saturated carbocycles. The topological polar surface area (TPSA) is 43.1 Å². The van der Waals surface area contributed by atoms with Gasteiger partial charge < -0.3 is 5.73 Å². The summed E-state index contributed by atoms with van der Waals surface area (Å²) in [6, 6.07) is 0. The Morgan fingerprint density at radius 2 is 2.11 bits per heavy atom. The van der Waals surface area contributed by atoms with Gasteiger partial charge in [0.1, 0.15) is 0 Å². The van der Waals surface area contributed by atoms with Crippen LogP contribution in [-0.2, 0) is 4.79 Å². The maximum absolute atomic E-state index is 10.8. The predicted octanol–water partition coefficient (Wildman–Crippen LogP) is 1.30. The molecule has 0 saturated heterocycles. The van der Waals surface area contributed by atoms with Crippen molar-refractivity contribution in [2.45, 2.75) is 19.3 Å². The SMILES string of the molecule is NC1=C(Br)C(=O)CCC1. The molecule has 0 aliphatic heterocycles. The number of ketones is 1. The number of carbonyl (C=O) groups is 1. The Morgan fingerprint density at radius 1 is 1.44 bits per heavy atom. The second-order valence-electron chi connectivity index (χ2n) is 2.12. The molecule has 50 valence electrons. The molecule has 0 heterocycles. The summed E-state index contributed by atoms with van der Waals surface area (Å²) in [6.07, 6.45) is 2.40. The van der Waals surface area contributed by atoms with E-state index in [1.807, 2.05) is 0 Å². The molecule has 2 nitrogen and oxygen atoms in total. The van der Waals surface area contributed by atoms with Gasteiger partial charge in [0.05, 0.1) is 4.48 Å². The first-order valence-electron chi connectivity index (χ1n) is 2.89. The quantitative estimate of drug-likeness (QED) is 0.625. The Hall–Kier alpha value is -0.310. The molecule has 1 aliphatic rings. The zero-order valence-electron chi connectivity index (χ0n) is 4.98. The van der Waals surface area contributed by atoms with Gasteiger partial charge in [-0.25, -0.2) is 0 Å². The van der Waals surface area contributed by atoms with Crippen molar-refractivity contribution >= 4 is 21.7 Å². The van der Waals surface area contributed by atoms with E-state index in [9.17, 15) is 4.79 Å². The zero-order valence-corrected chi connectivity index (χ0v) is 6.57. The fourth-order valence-electron chi connectivity index (χ4n) is 0.838. The Balaban J connectivity index is 2.84. The van der Waals surface area contributed by atoms with Gasteiger partial charge in [-0.05, 0) is 28.8 Å². The molecule has 3 heteroatoms. The summed E-state index contributed by atoms with van der Waals surface area (Å²) in [7, 11) is 0. The van der Waals surface area contributed by atoms with Crippen LogP contribution in [0.4, 0.5) is 0 Å². The molecule has 0 radical (unpaired) electrons. The lowest BCUT2D eigenvalue weighted by atomic mass is 10.0. The number of rotatable bonds is 0. The third-order valence-corrected chi connectivity index (χ3v) is 2.33. The number of nitrogens with two attached hydrogens (primary N) is 1. The number of allylic oxidation sites excluding steroid dienone is 2. The fourth-order valence-corrected chi connectivity index (χ4v) is 1.23. The smallest absolute Gasteiger partial charge is 0.171 e. The van der Waals surface area contributed by atoms with Gasteiger partial charge in [-0.3, -0.25) is 4.79 Å². The van der Waals surface area contributed by atoms with Crippen LogP contribution < -0.4 is 5.73 Å². The molecule has 0 amide bonds. The highest BCUT2D eigenvalue weighted by molar-refractivity contribution is 9.12. The van der Waals surface area contributed by atoms with Crippen LogP contribution in [0.15, 0.2) is 10.2 Å². The van der Waals surface area contributed by atoms with Gasteiger partial charge in [0.25, 0.3) is 0 Å². The Bertz CT molecular complexity index is 174. The molecule has 0 spiro atoms. The molecule has 1 rings (SSSR count). The molecule has 0 unspecified atom stereocenters. The Morgan fingerprint density at radius 3 is 2.56 bits per heavy atom. The third kappa shape index (κ3) is 1.33. The van der Waals surface area contributed by atoms with Gasteiger partial charge in [0, 0.05) is 12.1 Å². The van der Waals surface area contributed by atoms with Crippen molar-refractivity contribution in [3.63, 3.8) is 0 Å². The highest BCUT2D eigenvalue weighted by atomic mass is 79.9. The maximum Gasteiger partial charge on any atom is 0.171 e. The first-order chi connectivity index (χ1) is 4.22. The maximum atomic E-state index is 10.8. The highest BCUT2D eigenvalue weighted by Crippen LogP contribution is 2.22. The Kier molecular flexibility index (Phi) is 1.90. The van der Waals surface area contributed by atoms with Crippen LogP contribution in [0.2, 0.25) is 0 Å². The number of hydrogen-bond acceptors (Lipinski definition) is 2. The van der Waals surface area contributed by atoms with Gasteiger partial charge in [-0.2, -0.15) is 0 Å². The van der Waals surface area contributed by atoms with Crippen LogP contribution in [0, 0.1) is 0 Å². The molecule has 0 fully saturated rings. The summed E-state index contributed by atoms with van der Waals surface area (Å²) in [4.78, 5) is 10.8. The average molecular weight is 190 g/mol. The lowest BCUT2D eigenvalue weighted by molar-refractivity contribution is -0.115. The van der Waals surface area contributed by atoms with E-state index in [4.69, 9.17) is 5.73 Å². The molecule has 0 aromatic heterocycles. The molecule has 0 aromatic rings. The fraction of sp³-hybridized carbons (Fsp3) is 0.500. The highest BCUT2D eigenvalue weighted by Gasteiger charge is 2.14. The monoisotopic (exact) mass is 189 g/mol. The van der Waals surface area contributed by atoms with E-state index in [2.05, 4.69) is 15.9 Å². The van der Waals surface area contributed by atoms with Crippen molar-refractivity contribution in [3.8, 4) is 0 Å². The van der Waals surface area contributed by atoms with E-state index in [-0.39, 0.29) is 5.78 Å². The predicted molar refractivity (Wildman–Crippen MR) is 39.0 cm³/mol. The van der Waals surface area contributed by atoms with E-state index in [0.717, 1.165) is 12.8 Å². The minimum absolute atomic E-state index is 0.138. The van der Waals surface area contributed by atoms with Gasteiger partial charge in [-0.1, -0.05) is 0 Å². The van der Waals surface area contributed by atoms with Crippen LogP contribution in [0.25, 0.3) is 0 Å². The molecule has 1 aliphatic carbocycles. The summed E-state index contributed by atoms with van der Waals surface area (Å²) < 4.78 is 0.591. The summed E-state index contributed by atoms with van der Waals surface area (Å²) in [5.74, 6) is 0.138. The minimum Gasteiger partial charge on any atom is -0.401 e. The van der Waals surface area contributed by atoms with Crippen molar-refractivity contribution in [2.75, 3.05) is 0 Å². The lowest BCUT2D eigenvalue weighted by Crippen LogP contribution is -2.12. The average Bonchev–Trinajstić information content (AvgIpc) is 1.83. The van der Waals surface area contributed by atoms with Crippen molar-refractivity contribution in [1.82, 2.24) is 0 Å². The molecule has 2 N–H and O–H groups in total. The van der Waals surface area contributed by atoms with Crippen LogP contribution in [0.1, 0.15) is 19.3 Å². The molecule has 0 bridgehead atoms. The second-order valence-corrected chi connectivity index (χ2v) is 2.91. The third-order valence-electron chi connectivity index (χ3n) is 1.38. The van der Waals surface area contributed by atoms with E-state index >= 15 is 0 Å². The van der Waals surface area contributed by atoms with Gasteiger partial charge >= 0.3 is 0 Å². The van der Waals surface area contributed by atoms with Gasteiger partial charge in [0.2, 0.25) is 0 Å². The molecular formula is C6H8BrNO. The summed E-state index contributed by atoms with van der Waals surface area (Å²) in [6.45, 7) is 0. The van der Waals surface area contributed by atoms with Crippen LogP contribution in [0.3, 0.4) is 0 Å². The molecular weight excluding hydrogens is 182 g/mol. The summed E-state index contributed by atoms with van der Waals surface area (Å²) in [5, 5.41) is 0. The van der Waals surface area contributed by atoms with Crippen LogP contribution >= 0.6 is 15.9 Å². The summed E-state index contributed by atoms with van der Waals surface area (Å²) in [5.41, 5.74) is 6.18. The number of halogens is 1.